The third kappa shape index (κ3) is 2.68. The maximum Gasteiger partial charge on any atom is 0.0769 e. The molecule has 4 nitrogen and oxygen atoms in total. The van der Waals surface area contributed by atoms with Crippen LogP contribution in [0.1, 0.15) is 18.4 Å². The monoisotopic (exact) mass is 271 g/mol. The average molecular weight is 271 g/mol. The van der Waals surface area contributed by atoms with Crippen molar-refractivity contribution in [3.8, 4) is 0 Å². The number of methoxy groups -OCH3 is 1. The first-order chi connectivity index (χ1) is 9.83. The van der Waals surface area contributed by atoms with Crippen LogP contribution in [0.25, 0.3) is 10.9 Å². The number of nitrogens with zero attached hydrogens (tertiary/aromatic N) is 1. The van der Waals surface area contributed by atoms with E-state index in [0.29, 0.717) is 5.92 Å². The number of benzene rings is 1. The second kappa shape index (κ2) is 5.87. The maximum atomic E-state index is 5.76. The van der Waals surface area contributed by atoms with Crippen molar-refractivity contribution < 1.29 is 4.74 Å². The number of hydrogen-bond acceptors (Lipinski definition) is 4. The van der Waals surface area contributed by atoms with Crippen molar-refractivity contribution in [1.82, 2.24) is 10.4 Å². The lowest BCUT2D eigenvalue weighted by atomic mass is 9.96. The molecule has 1 aliphatic rings. The summed E-state index contributed by atoms with van der Waals surface area (Å²) in [6.45, 7) is 0. The van der Waals surface area contributed by atoms with Crippen molar-refractivity contribution in [1.29, 1.82) is 0 Å². The molecular weight excluding hydrogens is 250 g/mol. The fourth-order valence-electron chi connectivity index (χ4n) is 2.95. The molecule has 2 atom stereocenters. The van der Waals surface area contributed by atoms with Gasteiger partial charge in [0.25, 0.3) is 0 Å². The average Bonchev–Trinajstić information content (AvgIpc) is 3.32. The molecule has 3 rings (SSSR count). The Morgan fingerprint density at radius 2 is 2.15 bits per heavy atom. The summed E-state index contributed by atoms with van der Waals surface area (Å²) in [6.07, 6.45) is 5.40. The molecule has 0 bridgehead atoms. The van der Waals surface area contributed by atoms with Crippen molar-refractivity contribution in [2.24, 2.45) is 11.8 Å². The Balaban J connectivity index is 1.87. The van der Waals surface area contributed by atoms with Crippen LogP contribution in [0.15, 0.2) is 36.5 Å². The summed E-state index contributed by atoms with van der Waals surface area (Å²) in [6, 6.07) is 10.4. The highest BCUT2D eigenvalue weighted by atomic mass is 16.5. The second-order valence-corrected chi connectivity index (χ2v) is 5.50. The van der Waals surface area contributed by atoms with Gasteiger partial charge in [0.05, 0.1) is 17.7 Å². The number of ether oxygens (including phenoxy) is 1. The van der Waals surface area contributed by atoms with E-state index in [9.17, 15) is 0 Å². The number of pyridine rings is 1. The molecular formula is C16H21N3O. The predicted molar refractivity (Wildman–Crippen MR) is 80.1 cm³/mol. The van der Waals surface area contributed by atoms with Crippen molar-refractivity contribution in [2.45, 2.75) is 31.4 Å². The molecule has 3 N–H and O–H groups in total. The standard InChI is InChI=1S/C16H21N3O/c1-20-16(11-6-7-11)15(19-17)10-12-8-9-18-14-5-3-2-4-13(12)14/h2-5,8-9,11,15-16,19H,6-7,10,17H2,1H3. The van der Waals surface area contributed by atoms with Gasteiger partial charge in [0, 0.05) is 18.7 Å². The van der Waals surface area contributed by atoms with Gasteiger partial charge in [-0.3, -0.25) is 16.3 Å². The zero-order valence-corrected chi connectivity index (χ0v) is 11.8. The van der Waals surface area contributed by atoms with Crippen LogP contribution >= 0.6 is 0 Å². The van der Waals surface area contributed by atoms with Gasteiger partial charge in [0.2, 0.25) is 0 Å². The molecule has 0 saturated heterocycles. The van der Waals surface area contributed by atoms with Crippen LogP contribution in [0.5, 0.6) is 0 Å². The summed E-state index contributed by atoms with van der Waals surface area (Å²) >= 11 is 0. The zero-order valence-electron chi connectivity index (χ0n) is 11.8. The number of hydrazine groups is 1. The molecule has 1 saturated carbocycles. The van der Waals surface area contributed by atoms with Gasteiger partial charge in [-0.25, -0.2) is 0 Å². The molecule has 1 aromatic carbocycles. The van der Waals surface area contributed by atoms with Gasteiger partial charge in [0.15, 0.2) is 0 Å². The predicted octanol–water partition coefficient (Wildman–Crippen LogP) is 2.03. The largest absolute Gasteiger partial charge is 0.379 e. The van der Waals surface area contributed by atoms with Crippen LogP contribution in [0.2, 0.25) is 0 Å². The minimum absolute atomic E-state index is 0.137. The van der Waals surface area contributed by atoms with Crippen LogP contribution in [0.3, 0.4) is 0 Å². The maximum absolute atomic E-state index is 5.76. The van der Waals surface area contributed by atoms with Gasteiger partial charge in [-0.2, -0.15) is 0 Å². The molecule has 0 spiro atoms. The summed E-state index contributed by atoms with van der Waals surface area (Å²) in [7, 11) is 1.78. The molecule has 0 radical (unpaired) electrons. The lowest BCUT2D eigenvalue weighted by molar-refractivity contribution is 0.0512. The summed E-state index contributed by atoms with van der Waals surface area (Å²) in [5, 5.41) is 1.20. The highest BCUT2D eigenvalue weighted by Gasteiger charge is 2.36. The third-order valence-electron chi connectivity index (χ3n) is 4.15. The Labute approximate surface area is 119 Å². The first kappa shape index (κ1) is 13.5. The normalized spacial score (nSPS) is 18.1. The lowest BCUT2D eigenvalue weighted by Gasteiger charge is -2.25. The third-order valence-corrected chi connectivity index (χ3v) is 4.15. The van der Waals surface area contributed by atoms with Crippen molar-refractivity contribution >= 4 is 10.9 Å². The van der Waals surface area contributed by atoms with E-state index < -0.39 is 0 Å². The van der Waals surface area contributed by atoms with Crippen LogP contribution in [0, 0.1) is 5.92 Å². The van der Waals surface area contributed by atoms with E-state index in [1.807, 2.05) is 24.4 Å². The summed E-state index contributed by atoms with van der Waals surface area (Å²) < 4.78 is 5.65. The Kier molecular flexibility index (Phi) is 3.96. The SMILES string of the molecule is COC(C1CC1)C(Cc1ccnc2ccccc12)NN. The molecule has 1 aromatic heterocycles. The van der Waals surface area contributed by atoms with Crippen molar-refractivity contribution in [3.05, 3.63) is 42.1 Å². The molecule has 20 heavy (non-hydrogen) atoms. The van der Waals surface area contributed by atoms with E-state index in [4.69, 9.17) is 10.6 Å². The van der Waals surface area contributed by atoms with E-state index in [1.165, 1.54) is 23.8 Å². The summed E-state index contributed by atoms with van der Waals surface area (Å²) in [5.41, 5.74) is 5.24. The smallest absolute Gasteiger partial charge is 0.0769 e. The van der Waals surface area contributed by atoms with Crippen molar-refractivity contribution in [3.63, 3.8) is 0 Å². The van der Waals surface area contributed by atoms with Crippen LogP contribution in [0.4, 0.5) is 0 Å². The lowest BCUT2D eigenvalue weighted by Crippen LogP contribution is -2.47. The van der Waals surface area contributed by atoms with Gasteiger partial charge >= 0.3 is 0 Å². The first-order valence-corrected chi connectivity index (χ1v) is 7.15. The van der Waals surface area contributed by atoms with E-state index in [-0.39, 0.29) is 12.1 Å². The fourth-order valence-corrected chi connectivity index (χ4v) is 2.95. The molecule has 106 valence electrons. The number of hydrogen-bond donors (Lipinski definition) is 2. The van der Waals surface area contributed by atoms with Gasteiger partial charge in [-0.15, -0.1) is 0 Å². The molecule has 2 aromatic rings. The molecule has 1 fully saturated rings. The van der Waals surface area contributed by atoms with E-state index >= 15 is 0 Å². The van der Waals surface area contributed by atoms with E-state index in [1.54, 1.807) is 7.11 Å². The highest BCUT2D eigenvalue weighted by molar-refractivity contribution is 5.81. The van der Waals surface area contributed by atoms with Crippen molar-refractivity contribution in [2.75, 3.05) is 7.11 Å². The molecule has 4 heteroatoms. The topological polar surface area (TPSA) is 60.2 Å². The Morgan fingerprint density at radius 3 is 2.85 bits per heavy atom. The minimum Gasteiger partial charge on any atom is -0.379 e. The van der Waals surface area contributed by atoms with E-state index in [0.717, 1.165) is 11.9 Å². The minimum atomic E-state index is 0.137. The summed E-state index contributed by atoms with van der Waals surface area (Å²) in [5.74, 6) is 6.41. The Hall–Kier alpha value is -1.49. The number of para-hydroxylation sites is 1. The zero-order chi connectivity index (χ0) is 13.9. The number of nitrogens with two attached hydrogens (primary N) is 1. The van der Waals surface area contributed by atoms with Gasteiger partial charge < -0.3 is 4.74 Å². The number of nitrogens with one attached hydrogen (secondary N) is 1. The van der Waals surface area contributed by atoms with E-state index in [2.05, 4.69) is 22.5 Å². The van der Waals surface area contributed by atoms with Crippen LogP contribution < -0.4 is 11.3 Å². The van der Waals surface area contributed by atoms with Gasteiger partial charge in [-0.1, -0.05) is 18.2 Å². The van der Waals surface area contributed by atoms with Crippen LogP contribution in [-0.2, 0) is 11.2 Å². The molecule has 1 heterocycles. The number of rotatable bonds is 6. The Bertz CT molecular complexity index is 577. The number of aromatic nitrogens is 1. The summed E-state index contributed by atoms with van der Waals surface area (Å²) in [4.78, 5) is 4.40. The second-order valence-electron chi connectivity index (χ2n) is 5.50. The fraction of sp³-hybridized carbons (Fsp3) is 0.438. The first-order valence-electron chi connectivity index (χ1n) is 7.15. The van der Waals surface area contributed by atoms with Gasteiger partial charge in [-0.05, 0) is 42.9 Å². The molecule has 0 aliphatic heterocycles. The highest BCUT2D eigenvalue weighted by Crippen LogP contribution is 2.36. The molecule has 0 amide bonds. The molecule has 2 unspecified atom stereocenters. The Morgan fingerprint density at radius 1 is 1.35 bits per heavy atom. The number of fused-ring (bicyclic) bond motifs is 1. The quantitative estimate of drug-likeness (QED) is 0.623. The molecule has 1 aliphatic carbocycles. The van der Waals surface area contributed by atoms with Gasteiger partial charge in [0.1, 0.15) is 0 Å². The van der Waals surface area contributed by atoms with Crippen LogP contribution in [-0.4, -0.2) is 24.2 Å².